The molecule has 0 radical (unpaired) electrons. The summed E-state index contributed by atoms with van der Waals surface area (Å²) in [5, 5.41) is 9.16. The molecule has 0 spiro atoms. The number of hydrogen-bond acceptors (Lipinski definition) is 7. The van der Waals surface area contributed by atoms with Gasteiger partial charge in [-0.05, 0) is 37.1 Å². The van der Waals surface area contributed by atoms with Crippen molar-refractivity contribution in [1.82, 2.24) is 19.2 Å². The lowest BCUT2D eigenvalue weighted by molar-refractivity contribution is 0.0705. The third-order valence-corrected chi connectivity index (χ3v) is 7.53. The lowest BCUT2D eigenvalue weighted by atomic mass is 10.1. The van der Waals surface area contributed by atoms with Gasteiger partial charge in [-0.1, -0.05) is 0 Å². The summed E-state index contributed by atoms with van der Waals surface area (Å²) in [5.41, 5.74) is 0.702. The van der Waals surface area contributed by atoms with Gasteiger partial charge in [0.2, 0.25) is 10.0 Å². The van der Waals surface area contributed by atoms with Crippen molar-refractivity contribution in [3.05, 3.63) is 47.9 Å². The first-order valence-electron chi connectivity index (χ1n) is 9.75. The first-order valence-corrected chi connectivity index (χ1v) is 11.2. The summed E-state index contributed by atoms with van der Waals surface area (Å²) in [7, 11) is -1.77. The van der Waals surface area contributed by atoms with Crippen molar-refractivity contribution in [1.29, 1.82) is 5.26 Å². The Morgan fingerprint density at radius 1 is 1.13 bits per heavy atom. The number of hydrogen-bond donors (Lipinski definition) is 0. The summed E-state index contributed by atoms with van der Waals surface area (Å²) < 4.78 is 26.7. The monoisotopic (exact) mass is 426 g/mol. The van der Waals surface area contributed by atoms with Gasteiger partial charge in [0, 0.05) is 51.2 Å². The van der Waals surface area contributed by atoms with Crippen molar-refractivity contribution < 1.29 is 13.2 Å². The average molecular weight is 427 g/mol. The topological polar surface area (TPSA) is 110 Å². The Hall–Kier alpha value is -3.03. The maximum Gasteiger partial charge on any atom is 0.253 e. The Morgan fingerprint density at radius 3 is 2.40 bits per heavy atom. The van der Waals surface area contributed by atoms with E-state index in [4.69, 9.17) is 5.26 Å². The number of likely N-dealkylation sites (N-methyl/N-ethyl adjacent to an activating group) is 1. The predicted molar refractivity (Wildman–Crippen MR) is 109 cm³/mol. The highest BCUT2D eigenvalue weighted by atomic mass is 32.2. The van der Waals surface area contributed by atoms with E-state index in [2.05, 4.69) is 9.97 Å². The van der Waals surface area contributed by atoms with Crippen LogP contribution in [0.4, 0.5) is 5.82 Å². The molecule has 2 fully saturated rings. The highest BCUT2D eigenvalue weighted by Gasteiger charge is 2.35. The summed E-state index contributed by atoms with van der Waals surface area (Å²) in [4.78, 5) is 24.8. The SMILES string of the molecule is CN(C(=O)c1ccc(S(=O)(=O)N2CCCC2)cc1)C1CN(c2nccnc2C#N)C1. The second-order valence-corrected chi connectivity index (χ2v) is 9.39. The van der Waals surface area contributed by atoms with E-state index in [1.54, 1.807) is 24.1 Å². The molecule has 2 saturated heterocycles. The van der Waals surface area contributed by atoms with Gasteiger partial charge in [-0.3, -0.25) is 4.79 Å². The van der Waals surface area contributed by atoms with E-state index in [0.717, 1.165) is 12.8 Å². The van der Waals surface area contributed by atoms with Crippen molar-refractivity contribution in [2.75, 3.05) is 38.1 Å². The molecule has 0 aliphatic carbocycles. The maximum absolute atomic E-state index is 12.8. The molecule has 9 nitrogen and oxygen atoms in total. The number of anilines is 1. The van der Waals surface area contributed by atoms with Crippen LogP contribution < -0.4 is 4.90 Å². The van der Waals surface area contributed by atoms with Gasteiger partial charge in [-0.2, -0.15) is 9.57 Å². The van der Waals surface area contributed by atoms with E-state index in [-0.39, 0.29) is 22.5 Å². The molecule has 2 aromatic rings. The molecule has 2 aliphatic rings. The van der Waals surface area contributed by atoms with Crippen molar-refractivity contribution in [2.24, 2.45) is 0 Å². The van der Waals surface area contributed by atoms with E-state index in [0.29, 0.717) is 37.6 Å². The summed E-state index contributed by atoms with van der Waals surface area (Å²) in [5.74, 6) is 0.345. The number of nitrogens with zero attached hydrogens (tertiary/aromatic N) is 6. The number of nitriles is 1. The van der Waals surface area contributed by atoms with Gasteiger partial charge >= 0.3 is 0 Å². The number of carbonyl (C=O) groups excluding carboxylic acids is 1. The fraction of sp³-hybridized carbons (Fsp3) is 0.400. The quantitative estimate of drug-likeness (QED) is 0.704. The Balaban J connectivity index is 1.41. The van der Waals surface area contributed by atoms with Crippen LogP contribution in [-0.4, -0.2) is 72.8 Å². The normalized spacial score (nSPS) is 17.4. The molecule has 10 heteroatoms. The van der Waals surface area contributed by atoms with Gasteiger partial charge in [0.25, 0.3) is 5.91 Å². The zero-order valence-electron chi connectivity index (χ0n) is 16.6. The molecule has 30 heavy (non-hydrogen) atoms. The third-order valence-electron chi connectivity index (χ3n) is 5.62. The van der Waals surface area contributed by atoms with Crippen molar-refractivity contribution in [3.63, 3.8) is 0 Å². The second kappa shape index (κ2) is 8.01. The summed E-state index contributed by atoms with van der Waals surface area (Å²) in [6, 6.07) is 8.13. The molecule has 0 unspecified atom stereocenters. The second-order valence-electron chi connectivity index (χ2n) is 7.45. The van der Waals surface area contributed by atoms with E-state index < -0.39 is 10.0 Å². The van der Waals surface area contributed by atoms with Crippen LogP contribution in [0.3, 0.4) is 0 Å². The lowest BCUT2D eigenvalue weighted by Crippen LogP contribution is -2.60. The van der Waals surface area contributed by atoms with Gasteiger partial charge in [-0.25, -0.2) is 18.4 Å². The largest absolute Gasteiger partial charge is 0.350 e. The molecule has 0 N–H and O–H groups in total. The summed E-state index contributed by atoms with van der Waals surface area (Å²) >= 11 is 0. The minimum atomic E-state index is -3.49. The van der Waals surface area contributed by atoms with Crippen LogP contribution in [0.1, 0.15) is 28.9 Å². The molecule has 0 saturated carbocycles. The summed E-state index contributed by atoms with van der Waals surface area (Å²) in [6.45, 7) is 2.19. The van der Waals surface area contributed by atoms with Crippen molar-refractivity contribution in [3.8, 4) is 6.07 Å². The van der Waals surface area contributed by atoms with E-state index in [9.17, 15) is 13.2 Å². The number of aromatic nitrogens is 2. The zero-order valence-corrected chi connectivity index (χ0v) is 17.4. The summed E-state index contributed by atoms with van der Waals surface area (Å²) in [6.07, 6.45) is 4.77. The molecule has 1 aromatic carbocycles. The minimum absolute atomic E-state index is 0.0286. The van der Waals surface area contributed by atoms with Gasteiger partial charge in [0.05, 0.1) is 10.9 Å². The Labute approximate surface area is 175 Å². The number of benzene rings is 1. The lowest BCUT2D eigenvalue weighted by Gasteiger charge is -2.44. The molecule has 2 aliphatic heterocycles. The smallest absolute Gasteiger partial charge is 0.253 e. The van der Waals surface area contributed by atoms with Gasteiger partial charge < -0.3 is 9.80 Å². The maximum atomic E-state index is 12.8. The Bertz CT molecular complexity index is 1080. The predicted octanol–water partition coefficient (Wildman–Crippen LogP) is 1.09. The third kappa shape index (κ3) is 3.62. The molecule has 3 heterocycles. The number of rotatable bonds is 5. The molecule has 156 valence electrons. The van der Waals surface area contributed by atoms with Gasteiger partial charge in [0.1, 0.15) is 6.07 Å². The highest BCUT2D eigenvalue weighted by molar-refractivity contribution is 7.89. The van der Waals surface area contributed by atoms with E-state index in [1.807, 2.05) is 11.0 Å². The van der Waals surface area contributed by atoms with Crippen molar-refractivity contribution in [2.45, 2.75) is 23.8 Å². The Kier molecular flexibility index (Phi) is 5.40. The van der Waals surface area contributed by atoms with Crippen molar-refractivity contribution >= 4 is 21.7 Å². The van der Waals surface area contributed by atoms with E-state index in [1.165, 1.54) is 28.8 Å². The minimum Gasteiger partial charge on any atom is -0.350 e. The molecule has 4 rings (SSSR count). The van der Waals surface area contributed by atoms with Crippen LogP contribution in [0.15, 0.2) is 41.6 Å². The van der Waals surface area contributed by atoms with Crippen LogP contribution in [0.5, 0.6) is 0 Å². The molecule has 0 atom stereocenters. The first kappa shape index (κ1) is 20.3. The van der Waals surface area contributed by atoms with Gasteiger partial charge in [0.15, 0.2) is 11.5 Å². The van der Waals surface area contributed by atoms with Crippen LogP contribution in [0.25, 0.3) is 0 Å². The standard InChI is InChI=1S/C20H22N6O3S/c1-24(16-13-25(14-16)19-18(12-21)22-8-9-23-19)20(27)15-4-6-17(7-5-15)30(28,29)26-10-2-3-11-26/h4-9,16H,2-3,10-11,13-14H2,1H3. The number of sulfonamides is 1. The number of amides is 1. The Morgan fingerprint density at radius 2 is 1.77 bits per heavy atom. The molecular formula is C20H22N6O3S. The molecular weight excluding hydrogens is 404 g/mol. The molecule has 1 aromatic heterocycles. The van der Waals surface area contributed by atoms with Crippen LogP contribution in [0.2, 0.25) is 0 Å². The molecule has 0 bridgehead atoms. The zero-order chi connectivity index (χ0) is 21.3. The highest BCUT2D eigenvalue weighted by Crippen LogP contribution is 2.25. The molecule has 1 amide bonds. The van der Waals surface area contributed by atoms with Gasteiger partial charge in [-0.15, -0.1) is 0 Å². The fourth-order valence-electron chi connectivity index (χ4n) is 3.73. The first-order chi connectivity index (χ1) is 14.4. The van der Waals surface area contributed by atoms with Crippen LogP contribution >= 0.6 is 0 Å². The fourth-order valence-corrected chi connectivity index (χ4v) is 5.25. The average Bonchev–Trinajstić information content (AvgIpc) is 3.28. The van der Waals surface area contributed by atoms with Crippen LogP contribution in [0, 0.1) is 11.3 Å². The van der Waals surface area contributed by atoms with E-state index >= 15 is 0 Å². The number of carbonyl (C=O) groups is 1. The van der Waals surface area contributed by atoms with Crippen LogP contribution in [-0.2, 0) is 10.0 Å².